The molecule has 0 saturated carbocycles. The molecule has 0 saturated heterocycles. The molecule has 0 aromatic heterocycles. The Kier molecular flexibility index (Phi) is 4.77. The predicted octanol–water partition coefficient (Wildman–Crippen LogP) is 2.89. The van der Waals surface area contributed by atoms with Crippen molar-refractivity contribution >= 4 is 17.3 Å². The van der Waals surface area contributed by atoms with E-state index in [1.807, 2.05) is 23.1 Å². The second kappa shape index (κ2) is 6.74. The number of anilines is 2. The van der Waals surface area contributed by atoms with Crippen molar-refractivity contribution in [1.82, 2.24) is 0 Å². The van der Waals surface area contributed by atoms with Gasteiger partial charge in [-0.3, -0.25) is 4.79 Å². The van der Waals surface area contributed by atoms with Gasteiger partial charge in [0.25, 0.3) is 0 Å². The van der Waals surface area contributed by atoms with Crippen LogP contribution in [0.2, 0.25) is 0 Å². The molecule has 0 radical (unpaired) electrons. The fourth-order valence-corrected chi connectivity index (χ4v) is 2.15. The Morgan fingerprint density at radius 3 is 2.62 bits per heavy atom. The maximum Gasteiger partial charge on any atom is 0.305 e. The van der Waals surface area contributed by atoms with Gasteiger partial charge in [0, 0.05) is 13.1 Å². The van der Waals surface area contributed by atoms with Crippen LogP contribution in [0.3, 0.4) is 0 Å². The van der Waals surface area contributed by atoms with Crippen molar-refractivity contribution in [3.05, 3.63) is 59.9 Å². The van der Waals surface area contributed by atoms with E-state index >= 15 is 0 Å². The number of hydrogen-bond donors (Lipinski definition) is 2. The Balaban J connectivity index is 2.23. The first-order chi connectivity index (χ1) is 10.1. The first kappa shape index (κ1) is 14.8. The summed E-state index contributed by atoms with van der Waals surface area (Å²) in [5.41, 5.74) is 8.04. The van der Waals surface area contributed by atoms with Gasteiger partial charge in [-0.2, -0.15) is 0 Å². The summed E-state index contributed by atoms with van der Waals surface area (Å²) in [5.74, 6) is -1.19. The van der Waals surface area contributed by atoms with Crippen molar-refractivity contribution in [3.63, 3.8) is 0 Å². The van der Waals surface area contributed by atoms with Crippen LogP contribution in [0.15, 0.2) is 48.5 Å². The van der Waals surface area contributed by atoms with Crippen molar-refractivity contribution < 1.29 is 14.3 Å². The molecule has 110 valence electrons. The van der Waals surface area contributed by atoms with E-state index < -0.39 is 5.97 Å². The summed E-state index contributed by atoms with van der Waals surface area (Å²) in [5, 5.41) is 8.87. The highest BCUT2D eigenvalue weighted by Gasteiger charge is 2.12. The van der Waals surface area contributed by atoms with E-state index in [-0.39, 0.29) is 12.2 Å². The van der Waals surface area contributed by atoms with Crippen LogP contribution in [0, 0.1) is 5.82 Å². The van der Waals surface area contributed by atoms with E-state index in [0.29, 0.717) is 18.8 Å². The topological polar surface area (TPSA) is 66.6 Å². The number of carboxylic acids is 1. The molecule has 0 aliphatic heterocycles. The summed E-state index contributed by atoms with van der Waals surface area (Å²) in [4.78, 5) is 12.7. The molecule has 0 aliphatic rings. The van der Waals surface area contributed by atoms with E-state index in [4.69, 9.17) is 10.8 Å². The van der Waals surface area contributed by atoms with Crippen molar-refractivity contribution in [3.8, 4) is 0 Å². The maximum absolute atomic E-state index is 13.3. The molecule has 2 aromatic carbocycles. The Morgan fingerprint density at radius 2 is 1.95 bits per heavy atom. The van der Waals surface area contributed by atoms with Crippen LogP contribution in [0.1, 0.15) is 12.0 Å². The number of hydrogen-bond acceptors (Lipinski definition) is 3. The largest absolute Gasteiger partial charge is 0.481 e. The van der Waals surface area contributed by atoms with E-state index in [0.717, 1.165) is 11.3 Å². The van der Waals surface area contributed by atoms with Crippen LogP contribution in [0.25, 0.3) is 0 Å². The summed E-state index contributed by atoms with van der Waals surface area (Å²) < 4.78 is 13.3. The first-order valence-corrected chi connectivity index (χ1v) is 6.62. The van der Waals surface area contributed by atoms with E-state index in [2.05, 4.69) is 0 Å². The van der Waals surface area contributed by atoms with Crippen LogP contribution in [0.4, 0.5) is 15.8 Å². The summed E-state index contributed by atoms with van der Waals surface area (Å²) in [6, 6.07) is 13.5. The van der Waals surface area contributed by atoms with E-state index in [1.165, 1.54) is 12.1 Å². The number of para-hydroxylation sites is 2. The van der Waals surface area contributed by atoms with Crippen LogP contribution >= 0.6 is 0 Å². The molecule has 5 heteroatoms. The lowest BCUT2D eigenvalue weighted by molar-refractivity contribution is -0.136. The second-order valence-electron chi connectivity index (χ2n) is 4.75. The van der Waals surface area contributed by atoms with Crippen molar-refractivity contribution in [1.29, 1.82) is 0 Å². The highest BCUT2D eigenvalue weighted by molar-refractivity contribution is 5.70. The van der Waals surface area contributed by atoms with Crippen LogP contribution in [-0.4, -0.2) is 17.6 Å². The predicted molar refractivity (Wildman–Crippen MR) is 80.6 cm³/mol. The molecule has 3 N–H and O–H groups in total. The number of carbonyl (C=O) groups is 1. The molecule has 0 fully saturated rings. The SMILES string of the molecule is Nc1ccccc1N(CCC(=O)O)Cc1cccc(F)c1. The molecule has 21 heavy (non-hydrogen) atoms. The molecule has 0 bridgehead atoms. The Bertz CT molecular complexity index is 631. The molecule has 0 amide bonds. The molecule has 0 unspecified atom stereocenters. The number of benzene rings is 2. The van der Waals surface area contributed by atoms with E-state index in [1.54, 1.807) is 18.2 Å². The number of halogens is 1. The van der Waals surface area contributed by atoms with E-state index in [9.17, 15) is 9.18 Å². The normalized spacial score (nSPS) is 10.3. The number of aliphatic carboxylic acids is 1. The van der Waals surface area contributed by atoms with Gasteiger partial charge in [0.05, 0.1) is 17.8 Å². The number of nitrogen functional groups attached to an aromatic ring is 1. The van der Waals surface area contributed by atoms with Gasteiger partial charge in [0.1, 0.15) is 5.82 Å². The lowest BCUT2D eigenvalue weighted by Crippen LogP contribution is -2.26. The molecular weight excluding hydrogens is 271 g/mol. The standard InChI is InChI=1S/C16H17FN2O2/c17-13-5-3-4-12(10-13)11-19(9-8-16(20)21)15-7-2-1-6-14(15)18/h1-7,10H,8-9,11,18H2,(H,20,21). The third kappa shape index (κ3) is 4.21. The average molecular weight is 288 g/mol. The highest BCUT2D eigenvalue weighted by atomic mass is 19.1. The van der Waals surface area contributed by atoms with Crippen molar-refractivity contribution in [2.75, 3.05) is 17.2 Å². The van der Waals surface area contributed by atoms with Crippen molar-refractivity contribution in [2.45, 2.75) is 13.0 Å². The van der Waals surface area contributed by atoms with Gasteiger partial charge in [0.2, 0.25) is 0 Å². The van der Waals surface area contributed by atoms with Crippen molar-refractivity contribution in [2.24, 2.45) is 0 Å². The molecule has 0 aliphatic carbocycles. The Hall–Kier alpha value is -2.56. The zero-order valence-electron chi connectivity index (χ0n) is 11.5. The number of nitrogens with zero attached hydrogens (tertiary/aromatic N) is 1. The van der Waals surface area contributed by atoms with Crippen LogP contribution < -0.4 is 10.6 Å². The van der Waals surface area contributed by atoms with Gasteiger partial charge in [-0.15, -0.1) is 0 Å². The Labute approximate surface area is 122 Å². The van der Waals surface area contributed by atoms with Gasteiger partial charge in [0.15, 0.2) is 0 Å². The number of rotatable bonds is 6. The fourth-order valence-electron chi connectivity index (χ4n) is 2.15. The average Bonchev–Trinajstić information content (AvgIpc) is 2.44. The smallest absolute Gasteiger partial charge is 0.305 e. The molecule has 0 atom stereocenters. The first-order valence-electron chi connectivity index (χ1n) is 6.62. The molecule has 0 heterocycles. The van der Waals surface area contributed by atoms with Gasteiger partial charge < -0.3 is 15.7 Å². The summed E-state index contributed by atoms with van der Waals surface area (Å²) >= 11 is 0. The molecule has 2 aromatic rings. The van der Waals surface area contributed by atoms with Crippen LogP contribution in [0.5, 0.6) is 0 Å². The molecule has 0 spiro atoms. The van der Waals surface area contributed by atoms with Gasteiger partial charge in [-0.25, -0.2) is 4.39 Å². The summed E-state index contributed by atoms with van der Waals surface area (Å²) in [6.07, 6.45) is -0.0103. The van der Waals surface area contributed by atoms with Crippen LogP contribution in [-0.2, 0) is 11.3 Å². The Morgan fingerprint density at radius 1 is 1.19 bits per heavy atom. The maximum atomic E-state index is 13.3. The van der Waals surface area contributed by atoms with Gasteiger partial charge in [-0.05, 0) is 29.8 Å². The third-order valence-electron chi connectivity index (χ3n) is 3.14. The monoisotopic (exact) mass is 288 g/mol. The lowest BCUT2D eigenvalue weighted by Gasteiger charge is -2.25. The number of nitrogens with two attached hydrogens (primary N) is 1. The van der Waals surface area contributed by atoms with Gasteiger partial charge >= 0.3 is 5.97 Å². The minimum absolute atomic E-state index is 0.0103. The third-order valence-corrected chi connectivity index (χ3v) is 3.14. The summed E-state index contributed by atoms with van der Waals surface area (Å²) in [6.45, 7) is 0.708. The fraction of sp³-hybridized carbons (Fsp3) is 0.188. The molecule has 4 nitrogen and oxygen atoms in total. The zero-order chi connectivity index (χ0) is 15.2. The highest BCUT2D eigenvalue weighted by Crippen LogP contribution is 2.24. The number of carboxylic acid groups (broad SMARTS) is 1. The second-order valence-corrected chi connectivity index (χ2v) is 4.75. The molecular formula is C16H17FN2O2. The quantitative estimate of drug-likeness (QED) is 0.802. The zero-order valence-corrected chi connectivity index (χ0v) is 11.5. The minimum Gasteiger partial charge on any atom is -0.481 e. The summed E-state index contributed by atoms with van der Waals surface area (Å²) in [7, 11) is 0. The minimum atomic E-state index is -0.881. The lowest BCUT2D eigenvalue weighted by atomic mass is 10.1. The molecule has 2 rings (SSSR count). The van der Waals surface area contributed by atoms with Gasteiger partial charge in [-0.1, -0.05) is 24.3 Å².